The van der Waals surface area contributed by atoms with E-state index in [4.69, 9.17) is 9.47 Å². The molecule has 0 radical (unpaired) electrons. The fourth-order valence-electron chi connectivity index (χ4n) is 5.85. The Hall–Kier alpha value is -2.34. The molecule has 4 rings (SSSR count). The molecule has 2 saturated carbocycles. The van der Waals surface area contributed by atoms with Gasteiger partial charge in [-0.25, -0.2) is 8.78 Å². The second kappa shape index (κ2) is 11.2. The van der Waals surface area contributed by atoms with Crippen LogP contribution in [0.5, 0.6) is 5.75 Å². The summed E-state index contributed by atoms with van der Waals surface area (Å²) in [5, 5.41) is 0. The lowest BCUT2D eigenvalue weighted by Crippen LogP contribution is -2.33. The van der Waals surface area contributed by atoms with Crippen molar-refractivity contribution in [1.29, 1.82) is 0 Å². The number of ether oxygens (including phenoxy) is 2. The Morgan fingerprint density at radius 1 is 0.857 bits per heavy atom. The molecule has 0 amide bonds. The molecule has 2 aromatic rings. The minimum absolute atomic E-state index is 0.0898. The molecule has 35 heavy (non-hydrogen) atoms. The van der Waals surface area contributed by atoms with Crippen LogP contribution in [0.4, 0.5) is 17.6 Å². The van der Waals surface area contributed by atoms with Crippen molar-refractivity contribution in [1.82, 2.24) is 0 Å². The smallest absolute Gasteiger partial charge is 0.386 e. The highest BCUT2D eigenvalue weighted by Crippen LogP contribution is 2.43. The van der Waals surface area contributed by atoms with Crippen molar-refractivity contribution in [3.8, 4) is 16.9 Å². The first-order valence-electron chi connectivity index (χ1n) is 12.6. The number of alkyl halides is 2. The molecule has 0 unspecified atom stereocenters. The van der Waals surface area contributed by atoms with E-state index in [0.717, 1.165) is 31.2 Å². The molecule has 0 aromatic heterocycles. The third-order valence-corrected chi connectivity index (χ3v) is 7.89. The van der Waals surface area contributed by atoms with Crippen LogP contribution in [0, 0.1) is 29.4 Å². The summed E-state index contributed by atoms with van der Waals surface area (Å²) in [5.41, 5.74) is -0.780. The highest BCUT2D eigenvalue weighted by atomic mass is 19.3. The SMILES string of the molecule is C=CCC1CCC(C2CCC(OC(F)(F)c3ccc(-c4ccc(OC)cc4)c(F)c3F)CC2)CC1. The first kappa shape index (κ1) is 25.7. The normalized spacial score (nSPS) is 25.3. The van der Waals surface area contributed by atoms with Crippen molar-refractivity contribution < 1.29 is 27.0 Å². The molecule has 0 aliphatic heterocycles. The largest absolute Gasteiger partial charge is 0.497 e. The van der Waals surface area contributed by atoms with E-state index in [1.807, 2.05) is 6.08 Å². The van der Waals surface area contributed by atoms with Gasteiger partial charge in [-0.2, -0.15) is 8.78 Å². The zero-order chi connectivity index (χ0) is 25.0. The molecule has 2 aromatic carbocycles. The molecule has 0 spiro atoms. The first-order chi connectivity index (χ1) is 16.8. The average molecular weight is 491 g/mol. The van der Waals surface area contributed by atoms with Crippen LogP contribution in [0.25, 0.3) is 11.1 Å². The fraction of sp³-hybridized carbons (Fsp3) is 0.517. The molecule has 2 nitrogen and oxygen atoms in total. The van der Waals surface area contributed by atoms with Crippen molar-refractivity contribution in [2.45, 2.75) is 70.0 Å². The lowest BCUT2D eigenvalue weighted by molar-refractivity contribution is -0.279. The Labute approximate surface area is 205 Å². The number of halogens is 4. The third-order valence-electron chi connectivity index (χ3n) is 7.89. The maximum atomic E-state index is 14.9. The van der Waals surface area contributed by atoms with Gasteiger partial charge in [-0.1, -0.05) is 24.3 Å². The fourth-order valence-corrected chi connectivity index (χ4v) is 5.85. The van der Waals surface area contributed by atoms with E-state index >= 15 is 0 Å². The van der Waals surface area contributed by atoms with Gasteiger partial charge in [0.05, 0.1) is 18.8 Å². The van der Waals surface area contributed by atoms with Gasteiger partial charge in [-0.3, -0.25) is 0 Å². The molecule has 0 atom stereocenters. The Morgan fingerprint density at radius 3 is 2.03 bits per heavy atom. The zero-order valence-electron chi connectivity index (χ0n) is 20.3. The Morgan fingerprint density at radius 2 is 1.46 bits per heavy atom. The molecule has 2 fully saturated rings. The summed E-state index contributed by atoms with van der Waals surface area (Å²) in [4.78, 5) is 0. The van der Waals surface area contributed by atoms with Crippen LogP contribution in [-0.4, -0.2) is 13.2 Å². The van der Waals surface area contributed by atoms with Gasteiger partial charge in [-0.15, -0.1) is 6.58 Å². The van der Waals surface area contributed by atoms with Crippen LogP contribution < -0.4 is 4.74 Å². The van der Waals surface area contributed by atoms with E-state index in [-0.39, 0.29) is 5.56 Å². The monoisotopic (exact) mass is 490 g/mol. The number of rotatable bonds is 8. The first-order valence-corrected chi connectivity index (χ1v) is 12.6. The summed E-state index contributed by atoms with van der Waals surface area (Å²) in [5.74, 6) is -0.421. The van der Waals surface area contributed by atoms with Gasteiger partial charge < -0.3 is 9.47 Å². The lowest BCUT2D eigenvalue weighted by Gasteiger charge is -2.38. The number of hydrogen-bond acceptors (Lipinski definition) is 2. The molecule has 190 valence electrons. The molecule has 0 heterocycles. The van der Waals surface area contributed by atoms with Crippen LogP contribution in [-0.2, 0) is 10.8 Å². The number of hydrogen-bond donors (Lipinski definition) is 0. The van der Waals surface area contributed by atoms with Gasteiger partial charge in [0.2, 0.25) is 0 Å². The third kappa shape index (κ3) is 5.91. The summed E-state index contributed by atoms with van der Waals surface area (Å²) < 4.78 is 69.6. The van der Waals surface area contributed by atoms with E-state index in [0.29, 0.717) is 36.0 Å². The van der Waals surface area contributed by atoms with Crippen molar-refractivity contribution in [3.63, 3.8) is 0 Å². The Kier molecular flexibility index (Phi) is 8.20. The van der Waals surface area contributed by atoms with E-state index < -0.39 is 29.4 Å². The van der Waals surface area contributed by atoms with Gasteiger partial charge in [0, 0.05) is 5.56 Å². The highest BCUT2D eigenvalue weighted by Gasteiger charge is 2.41. The quantitative estimate of drug-likeness (QED) is 0.272. The molecule has 6 heteroatoms. The van der Waals surface area contributed by atoms with Crippen molar-refractivity contribution in [2.24, 2.45) is 17.8 Å². The number of allylic oxidation sites excluding steroid dienone is 1. The molecule has 2 aliphatic carbocycles. The summed E-state index contributed by atoms with van der Waals surface area (Å²) in [7, 11) is 1.49. The maximum Gasteiger partial charge on any atom is 0.386 e. The van der Waals surface area contributed by atoms with Gasteiger partial charge >= 0.3 is 6.11 Å². The molecule has 0 saturated heterocycles. The van der Waals surface area contributed by atoms with Crippen LogP contribution in [0.1, 0.15) is 63.4 Å². The second-order valence-electron chi connectivity index (χ2n) is 9.99. The number of methoxy groups -OCH3 is 1. The summed E-state index contributed by atoms with van der Waals surface area (Å²) in [6.07, 6.45) is 6.01. The van der Waals surface area contributed by atoms with Gasteiger partial charge in [0.15, 0.2) is 11.6 Å². The van der Waals surface area contributed by atoms with Gasteiger partial charge in [0.25, 0.3) is 0 Å². The average Bonchev–Trinajstić information content (AvgIpc) is 2.86. The maximum absolute atomic E-state index is 14.9. The molecular weight excluding hydrogens is 456 g/mol. The molecular formula is C29H34F4O2. The second-order valence-corrected chi connectivity index (χ2v) is 9.99. The molecule has 2 aliphatic rings. The van der Waals surface area contributed by atoms with E-state index in [1.165, 1.54) is 38.9 Å². The van der Waals surface area contributed by atoms with Crippen molar-refractivity contribution >= 4 is 0 Å². The highest BCUT2D eigenvalue weighted by molar-refractivity contribution is 5.65. The van der Waals surface area contributed by atoms with Crippen molar-refractivity contribution in [2.75, 3.05) is 7.11 Å². The standard InChI is InChI=1S/C29H34F4O2/c1-3-4-19-5-7-20(8-6-19)21-9-15-24(16-10-21)35-29(32,33)26-18-17-25(27(30)28(26)31)22-11-13-23(34-2)14-12-22/h3,11-14,17-21,24H,1,4-10,15-16H2,2H3. The zero-order valence-corrected chi connectivity index (χ0v) is 20.3. The predicted molar refractivity (Wildman–Crippen MR) is 129 cm³/mol. The Balaban J connectivity index is 1.37. The Bertz CT molecular complexity index is 988. The minimum atomic E-state index is -3.90. The summed E-state index contributed by atoms with van der Waals surface area (Å²) >= 11 is 0. The van der Waals surface area contributed by atoms with Crippen LogP contribution >= 0.6 is 0 Å². The van der Waals surface area contributed by atoms with Crippen molar-refractivity contribution in [3.05, 3.63) is 66.3 Å². The van der Waals surface area contributed by atoms with Crippen LogP contribution in [0.2, 0.25) is 0 Å². The molecule has 0 N–H and O–H groups in total. The van der Waals surface area contributed by atoms with Crippen LogP contribution in [0.15, 0.2) is 49.1 Å². The van der Waals surface area contributed by atoms with E-state index in [2.05, 4.69) is 6.58 Å². The number of benzene rings is 2. The predicted octanol–water partition coefficient (Wildman–Crippen LogP) is 8.65. The molecule has 0 bridgehead atoms. The minimum Gasteiger partial charge on any atom is -0.497 e. The lowest BCUT2D eigenvalue weighted by atomic mass is 9.70. The topological polar surface area (TPSA) is 18.5 Å². The van der Waals surface area contributed by atoms with Gasteiger partial charge in [-0.05, 0) is 99.3 Å². The van der Waals surface area contributed by atoms with Gasteiger partial charge in [0.1, 0.15) is 5.75 Å². The summed E-state index contributed by atoms with van der Waals surface area (Å²) in [6.45, 7) is 3.83. The van der Waals surface area contributed by atoms with Crippen LogP contribution in [0.3, 0.4) is 0 Å². The van der Waals surface area contributed by atoms with E-state index in [9.17, 15) is 17.6 Å². The van der Waals surface area contributed by atoms with E-state index in [1.54, 1.807) is 24.3 Å². The summed E-state index contributed by atoms with van der Waals surface area (Å²) in [6, 6.07) is 8.39.